The van der Waals surface area contributed by atoms with Crippen LogP contribution in [0.25, 0.3) is 11.3 Å². The number of nitrogens with zero attached hydrogens (tertiary/aromatic N) is 4. The van der Waals surface area contributed by atoms with Gasteiger partial charge in [0.15, 0.2) is 0 Å². The maximum Gasteiger partial charge on any atom is 0.416 e. The summed E-state index contributed by atoms with van der Waals surface area (Å²) in [5, 5.41) is 0. The molecule has 0 atom stereocenters. The quantitative estimate of drug-likeness (QED) is 0.690. The van der Waals surface area contributed by atoms with E-state index >= 15 is 0 Å². The van der Waals surface area contributed by atoms with Gasteiger partial charge in [-0.2, -0.15) is 13.2 Å². The Kier molecular flexibility index (Phi) is 6.53. The SMILES string of the molecule is COC(=O)CCC(=O)N1CCN(c2nccc(-c3cccc(C(F)(F)F)c3)n2)CC1. The average Bonchev–Trinajstić information content (AvgIpc) is 2.77. The molecule has 3 rings (SSSR count). The van der Waals surface area contributed by atoms with Crippen LogP contribution in [-0.4, -0.2) is 60.0 Å². The Bertz CT molecular complexity index is 912. The molecule has 0 N–H and O–H groups in total. The predicted molar refractivity (Wildman–Crippen MR) is 103 cm³/mol. The number of rotatable bonds is 5. The smallest absolute Gasteiger partial charge is 0.416 e. The highest BCUT2D eigenvalue weighted by Crippen LogP contribution is 2.32. The summed E-state index contributed by atoms with van der Waals surface area (Å²) < 4.78 is 43.5. The molecule has 1 aromatic heterocycles. The second-order valence-corrected chi connectivity index (χ2v) is 6.76. The number of piperazine rings is 1. The van der Waals surface area contributed by atoms with Gasteiger partial charge in [0.05, 0.1) is 24.8 Å². The Morgan fingerprint density at radius 2 is 1.83 bits per heavy atom. The summed E-state index contributed by atoms with van der Waals surface area (Å²) in [7, 11) is 1.28. The molecule has 1 aromatic carbocycles. The molecule has 1 aliphatic heterocycles. The number of methoxy groups -OCH3 is 1. The highest BCUT2D eigenvalue weighted by atomic mass is 19.4. The maximum absolute atomic E-state index is 13.0. The lowest BCUT2D eigenvalue weighted by atomic mass is 10.1. The molecule has 7 nitrogen and oxygen atoms in total. The van der Waals surface area contributed by atoms with Gasteiger partial charge in [0, 0.05) is 44.4 Å². The van der Waals surface area contributed by atoms with E-state index in [2.05, 4.69) is 14.7 Å². The van der Waals surface area contributed by atoms with Gasteiger partial charge >= 0.3 is 12.1 Å². The zero-order chi connectivity index (χ0) is 21.7. The highest BCUT2D eigenvalue weighted by molar-refractivity contribution is 5.81. The first kappa shape index (κ1) is 21.5. The summed E-state index contributed by atoms with van der Waals surface area (Å²) in [6.45, 7) is 1.85. The molecule has 1 amide bonds. The van der Waals surface area contributed by atoms with Gasteiger partial charge in [-0.3, -0.25) is 9.59 Å². The van der Waals surface area contributed by atoms with Crippen molar-refractivity contribution >= 4 is 17.8 Å². The Morgan fingerprint density at radius 3 is 2.50 bits per heavy atom. The van der Waals surface area contributed by atoms with Crippen molar-refractivity contribution in [2.75, 3.05) is 38.2 Å². The van der Waals surface area contributed by atoms with Crippen molar-refractivity contribution in [1.82, 2.24) is 14.9 Å². The third-order valence-corrected chi connectivity index (χ3v) is 4.81. The monoisotopic (exact) mass is 422 g/mol. The van der Waals surface area contributed by atoms with Crippen molar-refractivity contribution in [1.29, 1.82) is 0 Å². The summed E-state index contributed by atoms with van der Waals surface area (Å²) >= 11 is 0. The van der Waals surface area contributed by atoms with Crippen LogP contribution in [-0.2, 0) is 20.5 Å². The van der Waals surface area contributed by atoms with Gasteiger partial charge in [0.25, 0.3) is 0 Å². The van der Waals surface area contributed by atoms with Crippen LogP contribution in [0.15, 0.2) is 36.5 Å². The summed E-state index contributed by atoms with van der Waals surface area (Å²) in [4.78, 5) is 35.6. The first-order valence-electron chi connectivity index (χ1n) is 9.38. The summed E-state index contributed by atoms with van der Waals surface area (Å²) in [5.74, 6) is -0.160. The fourth-order valence-electron chi connectivity index (χ4n) is 3.14. The van der Waals surface area contributed by atoms with Crippen molar-refractivity contribution in [3.05, 3.63) is 42.1 Å². The molecule has 1 fully saturated rings. The van der Waals surface area contributed by atoms with E-state index in [1.807, 2.05) is 4.90 Å². The van der Waals surface area contributed by atoms with Crippen LogP contribution in [0.2, 0.25) is 0 Å². The van der Waals surface area contributed by atoms with Crippen molar-refractivity contribution in [2.24, 2.45) is 0 Å². The van der Waals surface area contributed by atoms with Crippen molar-refractivity contribution < 1.29 is 27.5 Å². The number of amides is 1. The molecule has 0 aliphatic carbocycles. The fourth-order valence-corrected chi connectivity index (χ4v) is 3.14. The number of aromatic nitrogens is 2. The van der Waals surface area contributed by atoms with E-state index < -0.39 is 17.7 Å². The van der Waals surface area contributed by atoms with E-state index in [0.29, 0.717) is 43.4 Å². The van der Waals surface area contributed by atoms with Gasteiger partial charge in [-0.1, -0.05) is 12.1 Å². The fraction of sp³-hybridized carbons (Fsp3) is 0.400. The molecule has 0 unspecified atom stereocenters. The molecule has 1 saturated heterocycles. The number of alkyl halides is 3. The van der Waals surface area contributed by atoms with Crippen molar-refractivity contribution in [2.45, 2.75) is 19.0 Å². The minimum absolute atomic E-state index is 0.0394. The molecule has 0 radical (unpaired) electrons. The summed E-state index contributed by atoms with van der Waals surface area (Å²) in [6.07, 6.45) is -2.79. The maximum atomic E-state index is 13.0. The third-order valence-electron chi connectivity index (χ3n) is 4.81. The molecular formula is C20H21F3N4O3. The van der Waals surface area contributed by atoms with E-state index in [1.54, 1.807) is 17.0 Å². The van der Waals surface area contributed by atoms with Crippen LogP contribution in [0.5, 0.6) is 0 Å². The van der Waals surface area contributed by atoms with Crippen LogP contribution in [0.4, 0.5) is 19.1 Å². The lowest BCUT2D eigenvalue weighted by Crippen LogP contribution is -2.49. The minimum atomic E-state index is -4.43. The van der Waals surface area contributed by atoms with Crippen LogP contribution in [0.3, 0.4) is 0 Å². The molecule has 0 saturated carbocycles. The third kappa shape index (κ3) is 5.25. The van der Waals surface area contributed by atoms with E-state index in [4.69, 9.17) is 0 Å². The normalized spacial score (nSPS) is 14.5. The Balaban J connectivity index is 1.65. The molecule has 10 heteroatoms. The first-order valence-corrected chi connectivity index (χ1v) is 9.38. The number of anilines is 1. The van der Waals surface area contributed by atoms with Gasteiger partial charge in [-0.15, -0.1) is 0 Å². The second-order valence-electron chi connectivity index (χ2n) is 6.76. The number of carbonyl (C=O) groups excluding carboxylic acids is 2. The lowest BCUT2D eigenvalue weighted by Gasteiger charge is -2.34. The van der Waals surface area contributed by atoms with Gasteiger partial charge in [0.2, 0.25) is 11.9 Å². The van der Waals surface area contributed by atoms with Crippen LogP contribution in [0.1, 0.15) is 18.4 Å². The molecular weight excluding hydrogens is 401 g/mol. The Hall–Kier alpha value is -3.17. The Morgan fingerprint density at radius 1 is 1.10 bits per heavy atom. The van der Waals surface area contributed by atoms with Gasteiger partial charge < -0.3 is 14.5 Å². The summed E-state index contributed by atoms with van der Waals surface area (Å²) in [5.41, 5.74) is 0.00651. The molecule has 2 aromatic rings. The standard InChI is InChI=1S/C20H21F3N4O3/c1-30-18(29)6-5-17(28)26-9-11-27(12-10-26)19-24-8-7-16(25-19)14-3-2-4-15(13-14)20(21,22)23/h2-4,7-8,13H,5-6,9-12H2,1H3. The number of halogens is 3. The minimum Gasteiger partial charge on any atom is -0.469 e. The number of hydrogen-bond acceptors (Lipinski definition) is 6. The molecule has 30 heavy (non-hydrogen) atoms. The van der Waals surface area contributed by atoms with Gasteiger partial charge in [-0.05, 0) is 18.2 Å². The number of carbonyl (C=O) groups is 2. The molecule has 0 spiro atoms. The number of benzene rings is 1. The van der Waals surface area contributed by atoms with E-state index in [1.165, 1.54) is 19.4 Å². The molecule has 160 valence electrons. The van der Waals surface area contributed by atoms with Crippen LogP contribution >= 0.6 is 0 Å². The summed E-state index contributed by atoms with van der Waals surface area (Å²) in [6, 6.07) is 6.55. The second kappa shape index (κ2) is 9.10. The van der Waals surface area contributed by atoms with Crippen LogP contribution < -0.4 is 4.90 Å². The lowest BCUT2D eigenvalue weighted by molar-refractivity contribution is -0.143. The van der Waals surface area contributed by atoms with Crippen molar-refractivity contribution in [3.8, 4) is 11.3 Å². The topological polar surface area (TPSA) is 75.6 Å². The van der Waals surface area contributed by atoms with Gasteiger partial charge in [-0.25, -0.2) is 9.97 Å². The molecule has 2 heterocycles. The van der Waals surface area contributed by atoms with Crippen molar-refractivity contribution in [3.63, 3.8) is 0 Å². The highest BCUT2D eigenvalue weighted by Gasteiger charge is 2.30. The van der Waals surface area contributed by atoms with Crippen LogP contribution in [0, 0.1) is 0 Å². The number of hydrogen-bond donors (Lipinski definition) is 0. The molecule has 1 aliphatic rings. The largest absolute Gasteiger partial charge is 0.469 e. The number of esters is 1. The zero-order valence-corrected chi connectivity index (χ0v) is 16.4. The first-order chi connectivity index (χ1) is 14.3. The van der Waals surface area contributed by atoms with Gasteiger partial charge in [0.1, 0.15) is 0 Å². The Labute approximate surface area is 171 Å². The predicted octanol–water partition coefficient (Wildman–Crippen LogP) is 2.76. The number of ether oxygens (including phenoxy) is 1. The zero-order valence-electron chi connectivity index (χ0n) is 16.4. The van der Waals surface area contributed by atoms with E-state index in [0.717, 1.165) is 12.1 Å². The van der Waals surface area contributed by atoms with E-state index in [9.17, 15) is 22.8 Å². The van der Waals surface area contributed by atoms with E-state index in [-0.39, 0.29) is 18.7 Å². The molecule has 0 bridgehead atoms. The average molecular weight is 422 g/mol.